The normalized spacial score (nSPS) is 11.0. The van der Waals surface area contributed by atoms with Crippen LogP contribution in [0.2, 0.25) is 0 Å². The molecule has 2 heteroatoms. The lowest BCUT2D eigenvalue weighted by atomic mass is 10.1. The van der Waals surface area contributed by atoms with Gasteiger partial charge in [-0.3, -0.25) is 0 Å². The molecular formula is C18H15OP. The second-order valence-corrected chi connectivity index (χ2v) is 5.96. The van der Waals surface area contributed by atoms with Gasteiger partial charge in [0.05, 0.1) is 0 Å². The summed E-state index contributed by atoms with van der Waals surface area (Å²) >= 11 is 0. The molecule has 0 aliphatic carbocycles. The van der Waals surface area contributed by atoms with Gasteiger partial charge in [-0.1, -0.05) is 75.3 Å². The maximum Gasteiger partial charge on any atom is 0.123 e. The predicted octanol–water partition coefficient (Wildman–Crippen LogP) is 3.69. The highest BCUT2D eigenvalue weighted by Gasteiger charge is 2.05. The quantitative estimate of drug-likeness (QED) is 0.724. The summed E-state index contributed by atoms with van der Waals surface area (Å²) < 4.78 is 0. The first-order valence-electron chi connectivity index (χ1n) is 6.53. The molecule has 0 radical (unpaired) electrons. The molecule has 0 saturated carbocycles. The molecule has 1 nitrogen and oxygen atoms in total. The van der Waals surface area contributed by atoms with Gasteiger partial charge in [0, 0.05) is 5.30 Å². The molecule has 3 aromatic carbocycles. The molecule has 98 valence electrons. The molecule has 0 bridgehead atoms. The summed E-state index contributed by atoms with van der Waals surface area (Å²) in [7, 11) is 0.467. The van der Waals surface area contributed by atoms with Crippen molar-refractivity contribution >= 4 is 19.2 Å². The monoisotopic (exact) mass is 278 g/mol. The Morgan fingerprint density at radius 2 is 1.30 bits per heavy atom. The topological polar surface area (TPSA) is 20.2 Å². The Morgan fingerprint density at radius 3 is 2.00 bits per heavy atom. The first-order valence-corrected chi connectivity index (χ1v) is 7.53. The highest BCUT2D eigenvalue weighted by atomic mass is 31.1. The third-order valence-electron chi connectivity index (χ3n) is 3.16. The molecule has 3 aromatic rings. The Labute approximate surface area is 120 Å². The van der Waals surface area contributed by atoms with Gasteiger partial charge in [0.15, 0.2) is 0 Å². The summed E-state index contributed by atoms with van der Waals surface area (Å²) in [6.45, 7) is 0. The maximum atomic E-state index is 10.1. The molecule has 0 spiro atoms. The summed E-state index contributed by atoms with van der Waals surface area (Å²) in [5, 5.41) is 12.3. The largest absolute Gasteiger partial charge is 0.507 e. The van der Waals surface area contributed by atoms with Crippen LogP contribution in [-0.4, -0.2) is 5.11 Å². The lowest BCUT2D eigenvalue weighted by Crippen LogP contribution is -2.03. The van der Waals surface area contributed by atoms with Crippen LogP contribution in [0.25, 0.3) is 11.1 Å². The van der Waals surface area contributed by atoms with Crippen molar-refractivity contribution in [3.05, 3.63) is 78.9 Å². The Morgan fingerprint density at radius 1 is 0.650 bits per heavy atom. The number of benzene rings is 3. The highest BCUT2D eigenvalue weighted by Crippen LogP contribution is 2.25. The predicted molar refractivity (Wildman–Crippen MR) is 87.6 cm³/mol. The fourth-order valence-corrected chi connectivity index (χ4v) is 3.23. The van der Waals surface area contributed by atoms with Crippen molar-refractivity contribution in [2.24, 2.45) is 0 Å². The molecular weight excluding hydrogens is 263 g/mol. The molecule has 0 aliphatic heterocycles. The first-order chi connectivity index (χ1) is 9.83. The summed E-state index contributed by atoms with van der Waals surface area (Å²) in [6.07, 6.45) is 0. The summed E-state index contributed by atoms with van der Waals surface area (Å²) in [5.74, 6) is 0.367. The second-order valence-electron chi connectivity index (χ2n) is 4.59. The van der Waals surface area contributed by atoms with E-state index < -0.39 is 0 Å². The van der Waals surface area contributed by atoms with Crippen molar-refractivity contribution in [3.8, 4) is 16.9 Å². The van der Waals surface area contributed by atoms with Crippen LogP contribution in [0.15, 0.2) is 78.9 Å². The Bertz CT molecular complexity index is 693. The van der Waals surface area contributed by atoms with Crippen molar-refractivity contribution < 1.29 is 5.11 Å². The number of phenolic OH excluding ortho intramolecular Hbond substituents is 1. The van der Waals surface area contributed by atoms with E-state index in [0.29, 0.717) is 14.3 Å². The minimum atomic E-state index is 0.367. The van der Waals surface area contributed by atoms with E-state index in [1.165, 1.54) is 10.9 Å². The molecule has 0 aliphatic rings. The van der Waals surface area contributed by atoms with Crippen LogP contribution in [0, 0.1) is 0 Å². The van der Waals surface area contributed by atoms with Crippen LogP contribution in [0.4, 0.5) is 0 Å². The zero-order valence-electron chi connectivity index (χ0n) is 11.0. The zero-order chi connectivity index (χ0) is 13.8. The highest BCUT2D eigenvalue weighted by molar-refractivity contribution is 7.55. The van der Waals surface area contributed by atoms with Crippen LogP contribution in [-0.2, 0) is 0 Å². The van der Waals surface area contributed by atoms with Crippen molar-refractivity contribution in [3.63, 3.8) is 0 Å². The minimum Gasteiger partial charge on any atom is -0.507 e. The first kappa shape index (κ1) is 12.9. The molecule has 0 saturated heterocycles. The number of hydrogen-bond donors (Lipinski definition) is 1. The summed E-state index contributed by atoms with van der Waals surface area (Å²) in [4.78, 5) is 0. The Balaban J connectivity index is 1.95. The smallest absolute Gasteiger partial charge is 0.123 e. The molecule has 1 atom stereocenters. The Kier molecular flexibility index (Phi) is 3.80. The molecule has 0 amide bonds. The van der Waals surface area contributed by atoms with E-state index in [9.17, 15) is 5.11 Å². The van der Waals surface area contributed by atoms with E-state index in [0.717, 1.165) is 10.9 Å². The van der Waals surface area contributed by atoms with Gasteiger partial charge in [0.1, 0.15) is 5.75 Å². The van der Waals surface area contributed by atoms with Gasteiger partial charge < -0.3 is 5.11 Å². The van der Waals surface area contributed by atoms with E-state index >= 15 is 0 Å². The summed E-state index contributed by atoms with van der Waals surface area (Å²) in [6, 6.07) is 26.3. The summed E-state index contributed by atoms with van der Waals surface area (Å²) in [5.41, 5.74) is 2.31. The minimum absolute atomic E-state index is 0.367. The average molecular weight is 278 g/mol. The average Bonchev–Trinajstić information content (AvgIpc) is 2.51. The van der Waals surface area contributed by atoms with Crippen molar-refractivity contribution in [2.75, 3.05) is 0 Å². The molecule has 0 aromatic heterocycles. The standard InChI is InChI=1S/C18H15OP/c19-17-12-11-15(14-7-3-1-4-8-14)13-18(17)20-16-9-5-2-6-10-16/h1-13,19-20H. The third-order valence-corrected chi connectivity index (χ3v) is 4.45. The molecule has 1 unspecified atom stereocenters. The number of aromatic hydroxyl groups is 1. The van der Waals surface area contributed by atoms with Crippen LogP contribution < -0.4 is 10.6 Å². The lowest BCUT2D eigenvalue weighted by molar-refractivity contribution is 0.480. The van der Waals surface area contributed by atoms with Gasteiger partial charge >= 0.3 is 0 Å². The molecule has 3 rings (SSSR count). The van der Waals surface area contributed by atoms with Crippen LogP contribution >= 0.6 is 8.58 Å². The van der Waals surface area contributed by atoms with Gasteiger partial charge in [0.2, 0.25) is 0 Å². The Hall–Kier alpha value is -2.11. The van der Waals surface area contributed by atoms with Crippen LogP contribution in [0.1, 0.15) is 0 Å². The van der Waals surface area contributed by atoms with E-state index in [4.69, 9.17) is 0 Å². The number of phenols is 1. The van der Waals surface area contributed by atoms with Gasteiger partial charge in [0.25, 0.3) is 0 Å². The van der Waals surface area contributed by atoms with E-state index in [2.05, 4.69) is 30.3 Å². The van der Waals surface area contributed by atoms with Crippen molar-refractivity contribution in [1.82, 2.24) is 0 Å². The molecule has 20 heavy (non-hydrogen) atoms. The number of rotatable bonds is 3. The molecule has 0 fully saturated rings. The van der Waals surface area contributed by atoms with E-state index in [-0.39, 0.29) is 0 Å². The van der Waals surface area contributed by atoms with Gasteiger partial charge in [-0.2, -0.15) is 0 Å². The van der Waals surface area contributed by atoms with Crippen molar-refractivity contribution in [2.45, 2.75) is 0 Å². The fraction of sp³-hybridized carbons (Fsp3) is 0. The van der Waals surface area contributed by atoms with Gasteiger partial charge in [-0.25, -0.2) is 0 Å². The van der Waals surface area contributed by atoms with Gasteiger partial charge in [-0.05, 0) is 28.6 Å². The zero-order valence-corrected chi connectivity index (χ0v) is 12.0. The lowest BCUT2D eigenvalue weighted by Gasteiger charge is -2.08. The van der Waals surface area contributed by atoms with Crippen LogP contribution in [0.3, 0.4) is 0 Å². The number of hydrogen-bond acceptors (Lipinski definition) is 1. The van der Waals surface area contributed by atoms with E-state index in [1.807, 2.05) is 42.5 Å². The fourth-order valence-electron chi connectivity index (χ4n) is 2.12. The maximum absolute atomic E-state index is 10.1. The molecule has 1 N–H and O–H groups in total. The van der Waals surface area contributed by atoms with E-state index in [1.54, 1.807) is 6.07 Å². The SMILES string of the molecule is Oc1ccc(-c2ccccc2)cc1Pc1ccccc1. The van der Waals surface area contributed by atoms with Crippen molar-refractivity contribution in [1.29, 1.82) is 0 Å². The molecule has 0 heterocycles. The van der Waals surface area contributed by atoms with Gasteiger partial charge in [-0.15, -0.1) is 0 Å². The van der Waals surface area contributed by atoms with Crippen LogP contribution in [0.5, 0.6) is 5.75 Å². The second kappa shape index (κ2) is 5.90. The third kappa shape index (κ3) is 2.89.